The first kappa shape index (κ1) is 28.7. The van der Waals surface area contributed by atoms with Gasteiger partial charge in [-0.05, 0) is 12.3 Å². The highest BCUT2D eigenvalue weighted by Gasteiger charge is 2.32. The second kappa shape index (κ2) is 13.9. The number of hydrogen-bond acceptors (Lipinski definition) is 8. The summed E-state index contributed by atoms with van der Waals surface area (Å²) < 4.78 is 0. The van der Waals surface area contributed by atoms with E-state index in [1.807, 2.05) is 0 Å². The minimum atomic E-state index is -1.57. The zero-order valence-electron chi connectivity index (χ0n) is 17.9. The SMILES string of the molecule is CCC(C)C(NC(=O)C(CO)NC(=O)C(CCC(=O)O)NC(=O)C(N)CC(N)=O)C(=O)O. The molecule has 0 aromatic heterocycles. The van der Waals surface area contributed by atoms with Crippen molar-refractivity contribution in [3.8, 4) is 0 Å². The molecule has 0 fully saturated rings. The molecule has 4 amide bonds. The molecule has 0 aromatic carbocycles. The molecule has 0 aromatic rings. The first-order chi connectivity index (χ1) is 14.8. The number of aliphatic carboxylic acids is 2. The molecule has 0 heterocycles. The van der Waals surface area contributed by atoms with E-state index < -0.39 is 85.1 Å². The first-order valence-corrected chi connectivity index (χ1v) is 9.84. The summed E-state index contributed by atoms with van der Waals surface area (Å²) in [7, 11) is 0. The second-order valence-electron chi connectivity index (χ2n) is 7.22. The molecule has 5 unspecified atom stereocenters. The molecule has 32 heavy (non-hydrogen) atoms. The van der Waals surface area contributed by atoms with Crippen LogP contribution in [-0.2, 0) is 28.8 Å². The highest BCUT2D eigenvalue weighted by atomic mass is 16.4. The Hall–Kier alpha value is -3.26. The fourth-order valence-electron chi connectivity index (χ4n) is 2.53. The van der Waals surface area contributed by atoms with Crippen molar-refractivity contribution < 1.29 is 44.1 Å². The number of rotatable bonds is 15. The number of carboxylic acids is 2. The van der Waals surface area contributed by atoms with E-state index in [0.29, 0.717) is 6.42 Å². The van der Waals surface area contributed by atoms with Gasteiger partial charge in [-0.1, -0.05) is 20.3 Å². The summed E-state index contributed by atoms with van der Waals surface area (Å²) in [5.41, 5.74) is 10.5. The van der Waals surface area contributed by atoms with Crippen LogP contribution in [0.2, 0.25) is 0 Å². The Morgan fingerprint density at radius 1 is 0.906 bits per heavy atom. The van der Waals surface area contributed by atoms with Gasteiger partial charge in [0.1, 0.15) is 18.1 Å². The molecule has 0 saturated heterocycles. The Kier molecular flexibility index (Phi) is 12.5. The van der Waals surface area contributed by atoms with Crippen molar-refractivity contribution in [1.29, 1.82) is 0 Å². The molecule has 14 nitrogen and oxygen atoms in total. The molecule has 182 valence electrons. The lowest BCUT2D eigenvalue weighted by Gasteiger charge is -2.25. The van der Waals surface area contributed by atoms with Gasteiger partial charge in [-0.3, -0.25) is 24.0 Å². The highest BCUT2D eigenvalue weighted by Crippen LogP contribution is 2.08. The second-order valence-corrected chi connectivity index (χ2v) is 7.22. The average Bonchev–Trinajstić information content (AvgIpc) is 2.70. The minimum Gasteiger partial charge on any atom is -0.481 e. The van der Waals surface area contributed by atoms with Crippen LogP contribution in [0.3, 0.4) is 0 Å². The molecular weight excluding hydrogens is 430 g/mol. The lowest BCUT2D eigenvalue weighted by atomic mass is 9.99. The summed E-state index contributed by atoms with van der Waals surface area (Å²) >= 11 is 0. The number of hydrogen-bond donors (Lipinski definition) is 8. The van der Waals surface area contributed by atoms with Gasteiger partial charge in [0, 0.05) is 6.42 Å². The van der Waals surface area contributed by atoms with Gasteiger partial charge in [0.2, 0.25) is 23.6 Å². The maximum Gasteiger partial charge on any atom is 0.326 e. The van der Waals surface area contributed by atoms with Gasteiger partial charge in [0.05, 0.1) is 19.1 Å². The van der Waals surface area contributed by atoms with E-state index >= 15 is 0 Å². The zero-order chi connectivity index (χ0) is 25.0. The number of carbonyl (C=O) groups excluding carboxylic acids is 4. The van der Waals surface area contributed by atoms with E-state index in [1.165, 1.54) is 0 Å². The van der Waals surface area contributed by atoms with Crippen LogP contribution >= 0.6 is 0 Å². The zero-order valence-corrected chi connectivity index (χ0v) is 17.9. The third-order valence-corrected chi connectivity index (χ3v) is 4.63. The van der Waals surface area contributed by atoms with Crippen LogP contribution < -0.4 is 27.4 Å². The Morgan fingerprint density at radius 2 is 1.44 bits per heavy atom. The van der Waals surface area contributed by atoms with E-state index in [2.05, 4.69) is 16.0 Å². The molecular formula is C18H31N5O9. The van der Waals surface area contributed by atoms with Crippen LogP contribution in [0.4, 0.5) is 0 Å². The van der Waals surface area contributed by atoms with Gasteiger partial charge in [-0.15, -0.1) is 0 Å². The van der Waals surface area contributed by atoms with Gasteiger partial charge < -0.3 is 42.7 Å². The third kappa shape index (κ3) is 10.2. The van der Waals surface area contributed by atoms with E-state index in [9.17, 15) is 39.0 Å². The third-order valence-electron chi connectivity index (χ3n) is 4.63. The van der Waals surface area contributed by atoms with E-state index in [0.717, 1.165) is 0 Å². The lowest BCUT2D eigenvalue weighted by molar-refractivity contribution is -0.144. The largest absolute Gasteiger partial charge is 0.481 e. The predicted molar refractivity (Wildman–Crippen MR) is 109 cm³/mol. The Balaban J connectivity index is 5.36. The van der Waals surface area contributed by atoms with Gasteiger partial charge >= 0.3 is 11.9 Å². The van der Waals surface area contributed by atoms with Gasteiger partial charge in [-0.2, -0.15) is 0 Å². The van der Waals surface area contributed by atoms with Crippen molar-refractivity contribution in [2.24, 2.45) is 17.4 Å². The molecule has 5 atom stereocenters. The van der Waals surface area contributed by atoms with Crippen LogP contribution in [0, 0.1) is 5.92 Å². The number of carboxylic acid groups (broad SMARTS) is 2. The first-order valence-electron chi connectivity index (χ1n) is 9.84. The van der Waals surface area contributed by atoms with E-state index in [-0.39, 0.29) is 6.42 Å². The minimum absolute atomic E-state index is 0.388. The van der Waals surface area contributed by atoms with Crippen molar-refractivity contribution in [1.82, 2.24) is 16.0 Å². The van der Waals surface area contributed by atoms with Gasteiger partial charge in [0.15, 0.2) is 0 Å². The maximum atomic E-state index is 12.6. The number of aliphatic hydroxyl groups excluding tert-OH is 1. The van der Waals surface area contributed by atoms with Crippen LogP contribution in [0.25, 0.3) is 0 Å². The van der Waals surface area contributed by atoms with E-state index in [1.54, 1.807) is 13.8 Å². The normalized spacial score (nSPS) is 15.4. The summed E-state index contributed by atoms with van der Waals surface area (Å²) in [6, 6.07) is -5.70. The quantitative estimate of drug-likeness (QED) is 0.120. The van der Waals surface area contributed by atoms with Crippen molar-refractivity contribution in [3.63, 3.8) is 0 Å². The van der Waals surface area contributed by atoms with Crippen LogP contribution in [-0.4, -0.2) is 81.7 Å². The molecule has 0 aliphatic heterocycles. The van der Waals surface area contributed by atoms with Crippen molar-refractivity contribution >= 4 is 35.6 Å². The number of nitrogens with one attached hydrogen (secondary N) is 3. The molecule has 0 aliphatic carbocycles. The summed E-state index contributed by atoms with van der Waals surface area (Å²) in [6.07, 6.45) is -1.01. The van der Waals surface area contributed by atoms with Crippen molar-refractivity contribution in [2.75, 3.05) is 6.61 Å². The summed E-state index contributed by atoms with van der Waals surface area (Å²) in [6.45, 7) is 2.42. The number of nitrogens with two attached hydrogens (primary N) is 2. The molecule has 0 rings (SSSR count). The smallest absolute Gasteiger partial charge is 0.326 e. The number of aliphatic hydroxyl groups is 1. The lowest BCUT2D eigenvalue weighted by Crippen LogP contribution is -2.58. The Morgan fingerprint density at radius 3 is 1.88 bits per heavy atom. The molecule has 10 N–H and O–H groups in total. The molecule has 0 aliphatic rings. The van der Waals surface area contributed by atoms with Crippen molar-refractivity contribution in [3.05, 3.63) is 0 Å². The number of carbonyl (C=O) groups is 6. The Labute approximate surface area is 184 Å². The molecule has 14 heteroatoms. The topological polar surface area (TPSA) is 251 Å². The summed E-state index contributed by atoms with van der Waals surface area (Å²) in [4.78, 5) is 70.2. The fraction of sp³-hybridized carbons (Fsp3) is 0.667. The Bertz CT molecular complexity index is 715. The van der Waals surface area contributed by atoms with Gasteiger partial charge in [0.25, 0.3) is 0 Å². The molecule has 0 radical (unpaired) electrons. The standard InChI is InChI=1S/C18H31N5O9/c1-3-8(2)14(18(31)32)23-17(30)11(7-24)22-16(29)10(4-5-13(26)27)21-15(28)9(19)6-12(20)25/h8-11,14,24H,3-7,19H2,1-2H3,(H2,20,25)(H,21,28)(H,22,29)(H,23,30)(H,26,27)(H,31,32). The summed E-state index contributed by atoms with van der Waals surface area (Å²) in [5.74, 6) is -6.84. The van der Waals surface area contributed by atoms with Crippen molar-refractivity contribution in [2.45, 2.75) is 63.7 Å². The number of amides is 4. The van der Waals surface area contributed by atoms with Gasteiger partial charge in [-0.25, -0.2) is 4.79 Å². The fourth-order valence-corrected chi connectivity index (χ4v) is 2.53. The monoisotopic (exact) mass is 461 g/mol. The number of primary amides is 1. The molecule has 0 bridgehead atoms. The average molecular weight is 461 g/mol. The predicted octanol–water partition coefficient (Wildman–Crippen LogP) is -3.37. The maximum absolute atomic E-state index is 12.6. The molecule has 0 saturated carbocycles. The molecule has 0 spiro atoms. The summed E-state index contributed by atoms with van der Waals surface area (Å²) in [5, 5.41) is 34.2. The van der Waals surface area contributed by atoms with Crippen LogP contribution in [0.1, 0.15) is 39.5 Å². The van der Waals surface area contributed by atoms with Crippen LogP contribution in [0.15, 0.2) is 0 Å². The highest BCUT2D eigenvalue weighted by molar-refractivity contribution is 5.95. The van der Waals surface area contributed by atoms with Crippen LogP contribution in [0.5, 0.6) is 0 Å². The van der Waals surface area contributed by atoms with E-state index in [4.69, 9.17) is 16.6 Å².